The molecule has 2 aromatic heterocycles. The molecule has 158 valence electrons. The number of nitrogens with zero attached hydrogens (tertiary/aromatic N) is 1. The van der Waals surface area contributed by atoms with Gasteiger partial charge in [-0.05, 0) is 13.0 Å². The highest BCUT2D eigenvalue weighted by Gasteiger charge is 2.17. The summed E-state index contributed by atoms with van der Waals surface area (Å²) in [6, 6.07) is 19.5. The van der Waals surface area contributed by atoms with Crippen LogP contribution in [0.1, 0.15) is 21.7 Å². The summed E-state index contributed by atoms with van der Waals surface area (Å²) in [5.74, 6) is -0.493. The minimum Gasteiger partial charge on any atom is -0.506 e. The van der Waals surface area contributed by atoms with E-state index in [0.29, 0.717) is 16.9 Å². The first kappa shape index (κ1) is 20.7. The Balaban J connectivity index is 1.85. The van der Waals surface area contributed by atoms with Gasteiger partial charge < -0.3 is 13.9 Å². The third kappa shape index (κ3) is 4.17. The lowest BCUT2D eigenvalue weighted by Gasteiger charge is -2.07. The number of hydrogen-bond acceptors (Lipinski definition) is 7. The Morgan fingerprint density at radius 1 is 0.875 bits per heavy atom. The van der Waals surface area contributed by atoms with E-state index in [1.54, 1.807) is 67.6 Å². The number of aliphatic imine (C=N–C) groups is 1. The molecule has 4 rings (SSSR count). The zero-order chi connectivity index (χ0) is 22.7. The van der Waals surface area contributed by atoms with Gasteiger partial charge >= 0.3 is 11.3 Å². The van der Waals surface area contributed by atoms with E-state index < -0.39 is 17.0 Å². The summed E-state index contributed by atoms with van der Waals surface area (Å²) < 4.78 is 10.2. The van der Waals surface area contributed by atoms with Gasteiger partial charge in [0.05, 0.1) is 5.57 Å². The Kier molecular flexibility index (Phi) is 5.63. The molecular weight excluding hydrogens is 410 g/mol. The van der Waals surface area contributed by atoms with Crippen LogP contribution in [0.4, 0.5) is 5.69 Å². The largest absolute Gasteiger partial charge is 0.506 e. The van der Waals surface area contributed by atoms with Crippen molar-refractivity contribution < 1.29 is 18.7 Å². The summed E-state index contributed by atoms with van der Waals surface area (Å²) in [5.41, 5.74) is -1.01. The first-order valence-corrected chi connectivity index (χ1v) is 9.65. The number of carbonyl (C=O) groups excluding carboxylic acids is 1. The molecule has 32 heavy (non-hydrogen) atoms. The molecule has 0 aliphatic rings. The zero-order valence-corrected chi connectivity index (χ0v) is 16.9. The fraction of sp³-hybridized carbons (Fsp3) is 0.0400. The second kappa shape index (κ2) is 8.69. The van der Waals surface area contributed by atoms with Crippen LogP contribution in [-0.4, -0.2) is 17.1 Å². The van der Waals surface area contributed by atoms with Gasteiger partial charge in [-0.2, -0.15) is 0 Å². The van der Waals surface area contributed by atoms with Gasteiger partial charge in [0.1, 0.15) is 28.2 Å². The molecule has 0 saturated carbocycles. The monoisotopic (exact) mass is 427 g/mol. The second-order valence-electron chi connectivity index (χ2n) is 6.92. The van der Waals surface area contributed by atoms with E-state index >= 15 is 0 Å². The van der Waals surface area contributed by atoms with E-state index in [9.17, 15) is 19.5 Å². The zero-order valence-electron chi connectivity index (χ0n) is 16.9. The molecule has 1 N–H and O–H groups in total. The number of aryl methyl sites for hydroxylation is 1. The van der Waals surface area contributed by atoms with Crippen molar-refractivity contribution in [2.75, 3.05) is 0 Å². The van der Waals surface area contributed by atoms with Crippen molar-refractivity contribution >= 4 is 34.4 Å². The lowest BCUT2D eigenvalue weighted by molar-refractivity contribution is 0.104. The third-order valence-corrected chi connectivity index (χ3v) is 4.68. The molecule has 0 radical (unpaired) electrons. The quantitative estimate of drug-likeness (QED) is 0.216. The summed E-state index contributed by atoms with van der Waals surface area (Å²) in [5, 5.41) is 10.8. The predicted molar refractivity (Wildman–Crippen MR) is 121 cm³/mol. The average molecular weight is 427 g/mol. The van der Waals surface area contributed by atoms with Crippen molar-refractivity contribution in [1.82, 2.24) is 0 Å². The number of carbonyl (C=O) groups is 1. The van der Waals surface area contributed by atoms with Crippen molar-refractivity contribution in [3.05, 3.63) is 116 Å². The highest BCUT2D eigenvalue weighted by molar-refractivity contribution is 6.25. The number of benzene rings is 2. The van der Waals surface area contributed by atoms with Crippen LogP contribution in [0, 0.1) is 6.92 Å². The van der Waals surface area contributed by atoms with Gasteiger partial charge in [-0.1, -0.05) is 60.7 Å². The molecule has 0 saturated heterocycles. The average Bonchev–Trinajstić information content (AvgIpc) is 2.80. The maximum Gasteiger partial charge on any atom is 0.362 e. The van der Waals surface area contributed by atoms with Gasteiger partial charge in [-0.15, -0.1) is 0 Å². The van der Waals surface area contributed by atoms with E-state index in [1.165, 1.54) is 12.1 Å². The molecule has 4 aromatic rings. The summed E-state index contributed by atoms with van der Waals surface area (Å²) in [6.45, 7) is 1.56. The Morgan fingerprint density at radius 3 is 2.16 bits per heavy atom. The number of allylic oxidation sites excluding steroid dienone is 1. The topological polar surface area (TPSA) is 110 Å². The maximum absolute atomic E-state index is 13.1. The molecule has 0 unspecified atom stereocenters. The first-order valence-electron chi connectivity index (χ1n) is 9.65. The van der Waals surface area contributed by atoms with Crippen molar-refractivity contribution in [3.8, 4) is 0 Å². The fourth-order valence-corrected chi connectivity index (χ4v) is 3.10. The van der Waals surface area contributed by atoms with Crippen LogP contribution in [0.3, 0.4) is 0 Å². The normalized spacial score (nSPS) is 12.2. The Labute approximate surface area is 181 Å². The van der Waals surface area contributed by atoms with Gasteiger partial charge in [0.25, 0.3) is 0 Å². The van der Waals surface area contributed by atoms with Crippen LogP contribution >= 0.6 is 0 Å². The fourth-order valence-electron chi connectivity index (χ4n) is 3.10. The van der Waals surface area contributed by atoms with Crippen molar-refractivity contribution in [2.24, 2.45) is 4.99 Å². The molecule has 0 aliphatic heterocycles. The summed E-state index contributed by atoms with van der Waals surface area (Å²) >= 11 is 0. The predicted octanol–water partition coefficient (Wildman–Crippen LogP) is 4.61. The highest BCUT2D eigenvalue weighted by atomic mass is 16.4. The number of hydrogen-bond donors (Lipinski definition) is 1. The van der Waals surface area contributed by atoms with Gasteiger partial charge in [-0.3, -0.25) is 4.79 Å². The maximum atomic E-state index is 13.1. The Hall–Kier alpha value is -4.52. The molecule has 2 heterocycles. The molecule has 0 fully saturated rings. The van der Waals surface area contributed by atoms with E-state index in [4.69, 9.17) is 8.83 Å². The van der Waals surface area contributed by atoms with E-state index in [1.807, 2.05) is 0 Å². The number of ketones is 1. The lowest BCUT2D eigenvalue weighted by atomic mass is 10.00. The van der Waals surface area contributed by atoms with Gasteiger partial charge in [0, 0.05) is 23.4 Å². The number of aliphatic hydroxyl groups excluding tert-OH is 1. The molecule has 0 aliphatic carbocycles. The molecule has 0 spiro atoms. The number of fused-ring (bicyclic) bond motifs is 1. The molecule has 7 heteroatoms. The highest BCUT2D eigenvalue weighted by Crippen LogP contribution is 2.20. The molecule has 0 amide bonds. The van der Waals surface area contributed by atoms with E-state index in [0.717, 1.165) is 6.21 Å². The third-order valence-electron chi connectivity index (χ3n) is 4.68. The SMILES string of the molecule is Cc1cc2oc(=O)c(N=C/C(C(=O)c3ccccc3)=C(/O)c3ccccc3)cc2c(=O)o1. The first-order chi connectivity index (χ1) is 15.4. The summed E-state index contributed by atoms with van der Waals surface area (Å²) in [7, 11) is 0. The molecule has 0 atom stereocenters. The van der Waals surface area contributed by atoms with Crippen LogP contribution in [0.5, 0.6) is 0 Å². The Bertz CT molecular complexity index is 1480. The minimum atomic E-state index is -0.801. The van der Waals surface area contributed by atoms with Crippen LogP contribution in [-0.2, 0) is 0 Å². The molecule has 2 aromatic carbocycles. The van der Waals surface area contributed by atoms with Gasteiger partial charge in [-0.25, -0.2) is 14.6 Å². The standard InChI is InChI=1S/C25H17NO6/c1-15-12-21-18(24(29)31-15)13-20(25(30)32-21)26-14-19(22(27)16-8-4-2-5-9-16)23(28)17-10-6-3-7-11-17/h2-14,27H,1H3/b22-19-,26-14?. The van der Waals surface area contributed by atoms with Crippen molar-refractivity contribution in [3.63, 3.8) is 0 Å². The van der Waals surface area contributed by atoms with Crippen LogP contribution in [0.25, 0.3) is 16.7 Å². The summed E-state index contributed by atoms with van der Waals surface area (Å²) in [4.78, 5) is 41.6. The van der Waals surface area contributed by atoms with Gasteiger partial charge in [0.15, 0.2) is 5.78 Å². The smallest absolute Gasteiger partial charge is 0.362 e. The molecular formula is C25H17NO6. The van der Waals surface area contributed by atoms with Gasteiger partial charge in [0.2, 0.25) is 0 Å². The van der Waals surface area contributed by atoms with E-state index in [2.05, 4.69) is 4.99 Å². The second-order valence-corrected chi connectivity index (χ2v) is 6.92. The van der Waals surface area contributed by atoms with Crippen LogP contribution in [0.2, 0.25) is 0 Å². The minimum absolute atomic E-state index is 0.0366. The van der Waals surface area contributed by atoms with Crippen molar-refractivity contribution in [2.45, 2.75) is 6.92 Å². The number of Topliss-reactive ketones (excluding diaryl/α,β-unsaturated/α-hetero) is 1. The van der Waals surface area contributed by atoms with E-state index in [-0.39, 0.29) is 28.0 Å². The van der Waals surface area contributed by atoms with Crippen LogP contribution < -0.4 is 11.3 Å². The molecule has 0 bridgehead atoms. The number of rotatable bonds is 5. The summed E-state index contributed by atoms with van der Waals surface area (Å²) in [6.07, 6.45) is 1.09. The van der Waals surface area contributed by atoms with Crippen molar-refractivity contribution in [1.29, 1.82) is 0 Å². The molecule has 7 nitrogen and oxygen atoms in total. The van der Waals surface area contributed by atoms with Crippen LogP contribution in [0.15, 0.2) is 102 Å². The Morgan fingerprint density at radius 2 is 1.50 bits per heavy atom. The number of aliphatic hydroxyl groups is 1. The lowest BCUT2D eigenvalue weighted by Crippen LogP contribution is -2.09.